The number of hydrogen-bond donors (Lipinski definition) is 0. The summed E-state index contributed by atoms with van der Waals surface area (Å²) in [6.07, 6.45) is 0. The minimum Gasteiger partial charge on any atom is -0.455 e. The number of benzene rings is 10. The van der Waals surface area contributed by atoms with Gasteiger partial charge >= 0.3 is 0 Å². The van der Waals surface area contributed by atoms with E-state index in [1.54, 1.807) is 0 Å². The van der Waals surface area contributed by atoms with Crippen molar-refractivity contribution >= 4 is 92.1 Å². The van der Waals surface area contributed by atoms with Gasteiger partial charge in [0.05, 0.1) is 16.8 Å². The van der Waals surface area contributed by atoms with Gasteiger partial charge in [0.25, 0.3) is 0 Å². The maximum Gasteiger partial charge on any atom is 0.145 e. The first-order valence-corrected chi connectivity index (χ1v) is 20.9. The first-order chi connectivity index (χ1) is 29.2. The fourth-order valence-corrected chi connectivity index (χ4v) is 10.2. The first kappa shape index (κ1) is 33.7. The molecule has 0 fully saturated rings. The molecule has 2 aromatic heterocycles. The summed E-state index contributed by atoms with van der Waals surface area (Å²) in [6, 6.07) is 76.9. The summed E-state index contributed by atoms with van der Waals surface area (Å²) < 4.78 is 9.57. The van der Waals surface area contributed by atoms with E-state index in [1.807, 2.05) is 11.3 Å². The van der Waals surface area contributed by atoms with Gasteiger partial charge in [-0.15, -0.1) is 11.3 Å². The van der Waals surface area contributed by atoms with Crippen LogP contribution in [0, 0.1) is 0 Å². The van der Waals surface area contributed by atoms with Crippen molar-refractivity contribution in [2.45, 2.75) is 0 Å². The van der Waals surface area contributed by atoms with Gasteiger partial charge in [0.2, 0.25) is 0 Å². The van der Waals surface area contributed by atoms with Crippen LogP contribution in [-0.2, 0) is 0 Å². The quantitative estimate of drug-likeness (QED) is 0.157. The lowest BCUT2D eigenvalue weighted by Gasteiger charge is -2.28. The lowest BCUT2D eigenvalue weighted by atomic mass is 9.97. The molecule has 0 unspecified atom stereocenters. The van der Waals surface area contributed by atoms with Crippen molar-refractivity contribution in [1.29, 1.82) is 0 Å². The highest BCUT2D eigenvalue weighted by atomic mass is 32.1. The number of nitrogens with zero attached hydrogens (tertiary/aromatic N) is 1. The van der Waals surface area contributed by atoms with Crippen LogP contribution in [0.5, 0.6) is 0 Å². The monoisotopic (exact) mass is 769 g/mol. The topological polar surface area (TPSA) is 16.4 Å². The Labute approximate surface area is 345 Å². The number of anilines is 3. The van der Waals surface area contributed by atoms with Gasteiger partial charge in [0, 0.05) is 36.8 Å². The van der Waals surface area contributed by atoms with Gasteiger partial charge in [-0.1, -0.05) is 158 Å². The minimum absolute atomic E-state index is 0.864. The summed E-state index contributed by atoms with van der Waals surface area (Å²) in [4.78, 5) is 2.48. The van der Waals surface area contributed by atoms with Gasteiger partial charge in [-0.2, -0.15) is 0 Å². The van der Waals surface area contributed by atoms with Crippen molar-refractivity contribution in [3.63, 3.8) is 0 Å². The maximum absolute atomic E-state index is 7.05. The summed E-state index contributed by atoms with van der Waals surface area (Å²) in [5.74, 6) is 0. The summed E-state index contributed by atoms with van der Waals surface area (Å²) in [6.45, 7) is 0. The van der Waals surface area contributed by atoms with Crippen molar-refractivity contribution < 1.29 is 4.42 Å². The van der Waals surface area contributed by atoms with Crippen molar-refractivity contribution in [3.8, 4) is 33.4 Å². The van der Waals surface area contributed by atoms with Crippen molar-refractivity contribution in [1.82, 2.24) is 0 Å². The van der Waals surface area contributed by atoms with E-state index in [1.165, 1.54) is 52.8 Å². The molecule has 276 valence electrons. The summed E-state index contributed by atoms with van der Waals surface area (Å²) in [7, 11) is 0. The van der Waals surface area contributed by atoms with E-state index < -0.39 is 0 Å². The molecule has 0 atom stereocenters. The van der Waals surface area contributed by atoms with Gasteiger partial charge in [-0.25, -0.2) is 0 Å². The fourth-order valence-electron chi connectivity index (χ4n) is 9.05. The Balaban J connectivity index is 1.16. The molecular formula is C56H35NOS. The standard InChI is InChI=1S/C56H35NOS/c1-4-13-36(14-5-1)40-25-28-47-51(34-40)58-56-46(38-17-8-3-9-18-38)31-32-50(55(47)56)57(43-27-30-45-42(33-43)24-23-39-19-10-11-20-44(39)45)49-21-12-22-52-54(49)48-29-26-41(35-53(48)59-52)37-15-6-2-7-16-37/h1-35H. The number of rotatable bonds is 6. The van der Waals surface area contributed by atoms with E-state index in [2.05, 4.69) is 217 Å². The zero-order valence-corrected chi connectivity index (χ0v) is 32.8. The molecule has 0 saturated heterocycles. The molecule has 0 saturated carbocycles. The highest BCUT2D eigenvalue weighted by Gasteiger charge is 2.25. The van der Waals surface area contributed by atoms with Gasteiger partial charge in [0.15, 0.2) is 0 Å². The molecule has 0 amide bonds. The molecule has 0 aliphatic carbocycles. The molecule has 12 rings (SSSR count). The van der Waals surface area contributed by atoms with Gasteiger partial charge in [0.1, 0.15) is 11.2 Å². The third-order valence-electron chi connectivity index (χ3n) is 11.8. The Morgan fingerprint density at radius 3 is 1.76 bits per heavy atom. The molecule has 0 spiro atoms. The molecule has 0 bridgehead atoms. The van der Waals surface area contributed by atoms with Crippen LogP contribution in [0.25, 0.3) is 97.0 Å². The fraction of sp³-hybridized carbons (Fsp3) is 0. The Kier molecular flexibility index (Phi) is 7.75. The zero-order valence-electron chi connectivity index (χ0n) is 32.0. The Hall–Kier alpha value is -7.46. The lowest BCUT2D eigenvalue weighted by Crippen LogP contribution is -2.11. The largest absolute Gasteiger partial charge is 0.455 e. The third kappa shape index (κ3) is 5.55. The van der Waals surface area contributed by atoms with Crippen molar-refractivity contribution in [2.24, 2.45) is 0 Å². The van der Waals surface area contributed by atoms with Crippen LogP contribution >= 0.6 is 11.3 Å². The molecule has 0 N–H and O–H groups in total. The average Bonchev–Trinajstić information content (AvgIpc) is 3.89. The molecule has 2 nitrogen and oxygen atoms in total. The van der Waals surface area contributed by atoms with Crippen molar-refractivity contribution in [3.05, 3.63) is 212 Å². The van der Waals surface area contributed by atoms with Crippen molar-refractivity contribution in [2.75, 3.05) is 4.90 Å². The molecule has 0 radical (unpaired) electrons. The van der Waals surface area contributed by atoms with Crippen LogP contribution in [0.1, 0.15) is 0 Å². The van der Waals surface area contributed by atoms with Crippen LogP contribution in [0.2, 0.25) is 0 Å². The smallest absolute Gasteiger partial charge is 0.145 e. The Morgan fingerprint density at radius 2 is 0.983 bits per heavy atom. The van der Waals surface area contributed by atoms with E-state index >= 15 is 0 Å². The number of hydrogen-bond acceptors (Lipinski definition) is 3. The second kappa shape index (κ2) is 13.6. The summed E-state index contributed by atoms with van der Waals surface area (Å²) >= 11 is 1.86. The zero-order chi connectivity index (χ0) is 38.9. The van der Waals surface area contributed by atoms with E-state index in [-0.39, 0.29) is 0 Å². The highest BCUT2D eigenvalue weighted by Crippen LogP contribution is 2.50. The maximum atomic E-state index is 7.05. The third-order valence-corrected chi connectivity index (χ3v) is 13.0. The first-order valence-electron chi connectivity index (χ1n) is 20.1. The molecule has 0 aliphatic rings. The predicted octanol–water partition coefficient (Wildman–Crippen LogP) is 16.7. The van der Waals surface area contributed by atoms with E-state index in [4.69, 9.17) is 4.42 Å². The Bertz CT molecular complexity index is 3550. The summed E-state index contributed by atoms with van der Waals surface area (Å²) in [5.41, 5.74) is 12.0. The SMILES string of the molecule is c1ccc(-c2ccc3c(c2)oc2c(-c4ccccc4)ccc(N(c4ccc5c(ccc6ccccc65)c4)c4cccc5sc6cc(-c7ccccc7)ccc6c45)c23)cc1. The number of thiophene rings is 1. The van der Waals surface area contributed by atoms with E-state index in [0.29, 0.717) is 0 Å². The summed E-state index contributed by atoms with van der Waals surface area (Å²) in [5, 5.41) is 9.60. The van der Waals surface area contributed by atoms with E-state index in [9.17, 15) is 0 Å². The molecule has 2 heterocycles. The second-order valence-electron chi connectivity index (χ2n) is 15.2. The molecule has 3 heteroatoms. The van der Waals surface area contributed by atoms with Crippen LogP contribution < -0.4 is 4.90 Å². The van der Waals surface area contributed by atoms with Gasteiger partial charge < -0.3 is 9.32 Å². The second-order valence-corrected chi connectivity index (χ2v) is 16.3. The minimum atomic E-state index is 0.864. The average molecular weight is 770 g/mol. The van der Waals surface area contributed by atoms with Crippen LogP contribution in [0.15, 0.2) is 217 Å². The van der Waals surface area contributed by atoms with Crippen LogP contribution in [0.3, 0.4) is 0 Å². The normalized spacial score (nSPS) is 11.7. The molecular weight excluding hydrogens is 735 g/mol. The van der Waals surface area contributed by atoms with E-state index in [0.717, 1.165) is 61.3 Å². The Morgan fingerprint density at radius 1 is 0.356 bits per heavy atom. The molecule has 59 heavy (non-hydrogen) atoms. The van der Waals surface area contributed by atoms with Crippen LogP contribution in [0.4, 0.5) is 17.1 Å². The number of furan rings is 1. The van der Waals surface area contributed by atoms with Gasteiger partial charge in [-0.05, 0) is 104 Å². The molecule has 12 aromatic rings. The predicted molar refractivity (Wildman–Crippen MR) is 253 cm³/mol. The molecule has 0 aliphatic heterocycles. The van der Waals surface area contributed by atoms with Crippen LogP contribution in [-0.4, -0.2) is 0 Å². The molecule has 10 aromatic carbocycles. The lowest BCUT2D eigenvalue weighted by molar-refractivity contribution is 0.670. The van der Waals surface area contributed by atoms with Gasteiger partial charge in [-0.3, -0.25) is 0 Å². The number of fused-ring (bicyclic) bond motifs is 9. The highest BCUT2D eigenvalue weighted by molar-refractivity contribution is 7.26.